The van der Waals surface area contributed by atoms with Crippen LogP contribution in [0.4, 0.5) is 10.1 Å². The highest BCUT2D eigenvalue weighted by atomic mass is 32.2. The summed E-state index contributed by atoms with van der Waals surface area (Å²) >= 11 is 1.27. The van der Waals surface area contributed by atoms with Gasteiger partial charge in [-0.05, 0) is 30.7 Å². The van der Waals surface area contributed by atoms with E-state index in [1.165, 1.54) is 17.8 Å². The monoisotopic (exact) mass is 287 g/mol. The number of nitrogens with one attached hydrogen (secondary N) is 1. The fourth-order valence-electron chi connectivity index (χ4n) is 2.01. The van der Waals surface area contributed by atoms with Gasteiger partial charge in [-0.25, -0.2) is 4.39 Å². The lowest BCUT2D eigenvalue weighted by molar-refractivity contribution is -0.112. The number of anilines is 1. The second kappa shape index (κ2) is 4.76. The van der Waals surface area contributed by atoms with Crippen LogP contribution in [0.15, 0.2) is 46.2 Å². The number of amides is 1. The molecule has 0 saturated carbocycles. The van der Waals surface area contributed by atoms with Crippen molar-refractivity contribution in [2.45, 2.75) is 16.7 Å². The number of rotatable bonds is 2. The van der Waals surface area contributed by atoms with E-state index in [0.29, 0.717) is 10.6 Å². The van der Waals surface area contributed by atoms with E-state index in [2.05, 4.69) is 5.32 Å². The molecule has 0 fully saturated rings. The van der Waals surface area contributed by atoms with Gasteiger partial charge in [0.05, 0.1) is 16.1 Å². The Hall–Kier alpha value is -2.14. The summed E-state index contributed by atoms with van der Waals surface area (Å²) in [6.45, 7) is 1.94. The molecule has 0 unspecified atom stereocenters. The first-order chi connectivity index (χ1) is 9.56. The molecule has 2 aromatic rings. The molecule has 1 aliphatic rings. The Balaban J connectivity index is 2.01. The minimum atomic E-state index is -0.711. The summed E-state index contributed by atoms with van der Waals surface area (Å²) in [5.41, 5.74) is 1.51. The van der Waals surface area contributed by atoms with Gasteiger partial charge in [0.25, 0.3) is 11.7 Å². The first kappa shape index (κ1) is 12.9. The summed E-state index contributed by atoms with van der Waals surface area (Å²) in [6, 6.07) is 10.3. The quantitative estimate of drug-likeness (QED) is 0.861. The number of fused-ring (bicyclic) bond motifs is 1. The fourth-order valence-corrected chi connectivity index (χ4v) is 2.96. The van der Waals surface area contributed by atoms with Crippen LogP contribution in [0.25, 0.3) is 0 Å². The van der Waals surface area contributed by atoms with Gasteiger partial charge in [-0.3, -0.25) is 9.59 Å². The normalized spacial score (nSPS) is 13.3. The van der Waals surface area contributed by atoms with Gasteiger partial charge in [-0.15, -0.1) is 0 Å². The van der Waals surface area contributed by atoms with E-state index in [0.717, 1.165) is 16.5 Å². The molecule has 0 radical (unpaired) electrons. The van der Waals surface area contributed by atoms with Crippen molar-refractivity contribution in [2.24, 2.45) is 0 Å². The van der Waals surface area contributed by atoms with Crippen molar-refractivity contribution in [1.29, 1.82) is 0 Å². The summed E-state index contributed by atoms with van der Waals surface area (Å²) in [6.07, 6.45) is 0. The largest absolute Gasteiger partial charge is 0.318 e. The first-order valence-electron chi connectivity index (χ1n) is 5.99. The smallest absolute Gasteiger partial charge is 0.296 e. The SMILES string of the molecule is Cc1ccccc1Sc1cc2c(cc1F)C(=O)C(=O)N2. The van der Waals surface area contributed by atoms with E-state index in [-0.39, 0.29) is 5.56 Å². The molecule has 1 aliphatic heterocycles. The topological polar surface area (TPSA) is 46.2 Å². The molecule has 2 aromatic carbocycles. The molecule has 5 heteroatoms. The molecular weight excluding hydrogens is 277 g/mol. The van der Waals surface area contributed by atoms with Gasteiger partial charge in [-0.2, -0.15) is 0 Å². The van der Waals surface area contributed by atoms with Crippen LogP contribution in [-0.2, 0) is 4.79 Å². The standard InChI is InChI=1S/C15H10FNO2S/c1-8-4-2-3-5-12(8)20-13-7-11-9(6-10(13)16)14(18)15(19)17-11/h2-7H,1H3,(H,17,18,19). The zero-order chi connectivity index (χ0) is 14.3. The molecule has 0 saturated heterocycles. The second-order valence-corrected chi connectivity index (χ2v) is 5.56. The molecular formula is C15H10FNO2S. The average Bonchev–Trinajstić information content (AvgIpc) is 2.69. The second-order valence-electron chi connectivity index (χ2n) is 4.48. The zero-order valence-electron chi connectivity index (χ0n) is 10.6. The maximum absolute atomic E-state index is 14.1. The molecule has 3 rings (SSSR count). The van der Waals surface area contributed by atoms with Crippen molar-refractivity contribution in [1.82, 2.24) is 0 Å². The molecule has 0 spiro atoms. The molecule has 0 atom stereocenters. The third-order valence-electron chi connectivity index (χ3n) is 3.08. The van der Waals surface area contributed by atoms with Crippen molar-refractivity contribution in [3.63, 3.8) is 0 Å². The summed E-state index contributed by atoms with van der Waals surface area (Å²) < 4.78 is 14.1. The number of halogens is 1. The highest BCUT2D eigenvalue weighted by Crippen LogP contribution is 2.36. The van der Waals surface area contributed by atoms with E-state index in [4.69, 9.17) is 0 Å². The first-order valence-corrected chi connectivity index (χ1v) is 6.80. The number of aryl methyl sites for hydroxylation is 1. The Labute approximate surface area is 119 Å². The predicted octanol–water partition coefficient (Wildman–Crippen LogP) is 3.42. The van der Waals surface area contributed by atoms with Gasteiger partial charge >= 0.3 is 0 Å². The zero-order valence-corrected chi connectivity index (χ0v) is 11.4. The third-order valence-corrected chi connectivity index (χ3v) is 4.30. The lowest BCUT2D eigenvalue weighted by Gasteiger charge is -2.08. The number of Topliss-reactive ketones (excluding diaryl/α,β-unsaturated/α-hetero) is 1. The summed E-state index contributed by atoms with van der Waals surface area (Å²) in [5.74, 6) is -1.90. The molecule has 1 amide bonds. The van der Waals surface area contributed by atoms with Gasteiger partial charge in [0, 0.05) is 4.90 Å². The number of ketones is 1. The lowest BCUT2D eigenvalue weighted by atomic mass is 10.1. The Morgan fingerprint density at radius 2 is 1.85 bits per heavy atom. The Kier molecular flexibility index (Phi) is 3.06. The fraction of sp³-hybridized carbons (Fsp3) is 0.0667. The van der Waals surface area contributed by atoms with E-state index in [9.17, 15) is 14.0 Å². The summed E-state index contributed by atoms with van der Waals surface area (Å²) in [5, 5.41) is 2.45. The van der Waals surface area contributed by atoms with E-state index in [1.54, 1.807) is 0 Å². The summed E-state index contributed by atoms with van der Waals surface area (Å²) in [4.78, 5) is 24.1. The lowest BCUT2D eigenvalue weighted by Crippen LogP contribution is -2.12. The Morgan fingerprint density at radius 1 is 1.10 bits per heavy atom. The molecule has 1 N–H and O–H groups in total. The number of carbonyl (C=O) groups is 2. The van der Waals surface area contributed by atoms with Crippen LogP contribution in [0.5, 0.6) is 0 Å². The van der Waals surface area contributed by atoms with Crippen LogP contribution < -0.4 is 5.32 Å². The van der Waals surface area contributed by atoms with E-state index >= 15 is 0 Å². The van der Waals surface area contributed by atoms with Crippen molar-refractivity contribution < 1.29 is 14.0 Å². The Bertz CT molecular complexity index is 743. The van der Waals surface area contributed by atoms with Crippen molar-refractivity contribution in [3.8, 4) is 0 Å². The van der Waals surface area contributed by atoms with Crippen LogP contribution in [0.2, 0.25) is 0 Å². The minimum Gasteiger partial charge on any atom is -0.318 e. The average molecular weight is 287 g/mol. The van der Waals surface area contributed by atoms with Crippen LogP contribution in [-0.4, -0.2) is 11.7 Å². The van der Waals surface area contributed by atoms with Crippen LogP contribution in [0, 0.1) is 12.7 Å². The minimum absolute atomic E-state index is 0.0987. The predicted molar refractivity (Wildman–Crippen MR) is 74.7 cm³/mol. The van der Waals surface area contributed by atoms with Crippen molar-refractivity contribution in [2.75, 3.05) is 5.32 Å². The number of carbonyl (C=O) groups excluding carboxylic acids is 2. The molecule has 100 valence electrons. The molecule has 0 aliphatic carbocycles. The Morgan fingerprint density at radius 3 is 2.60 bits per heavy atom. The van der Waals surface area contributed by atoms with Crippen molar-refractivity contribution >= 4 is 29.1 Å². The van der Waals surface area contributed by atoms with Gasteiger partial charge in [0.1, 0.15) is 5.82 Å². The number of hydrogen-bond acceptors (Lipinski definition) is 3. The third kappa shape index (κ3) is 2.10. The van der Waals surface area contributed by atoms with Gasteiger partial charge in [0.2, 0.25) is 0 Å². The highest BCUT2D eigenvalue weighted by Gasteiger charge is 2.29. The van der Waals surface area contributed by atoms with Crippen molar-refractivity contribution in [3.05, 3.63) is 53.3 Å². The number of hydrogen-bond donors (Lipinski definition) is 1. The van der Waals surface area contributed by atoms with E-state index < -0.39 is 17.5 Å². The summed E-state index contributed by atoms with van der Waals surface area (Å²) in [7, 11) is 0. The highest BCUT2D eigenvalue weighted by molar-refractivity contribution is 7.99. The maximum atomic E-state index is 14.1. The van der Waals surface area contributed by atoms with Gasteiger partial charge < -0.3 is 5.32 Å². The molecule has 20 heavy (non-hydrogen) atoms. The van der Waals surface area contributed by atoms with Crippen LogP contribution in [0.1, 0.15) is 15.9 Å². The van der Waals surface area contributed by atoms with Gasteiger partial charge in [-0.1, -0.05) is 30.0 Å². The molecule has 1 heterocycles. The van der Waals surface area contributed by atoms with Crippen LogP contribution >= 0.6 is 11.8 Å². The van der Waals surface area contributed by atoms with Crippen LogP contribution in [0.3, 0.4) is 0 Å². The molecule has 0 aromatic heterocycles. The number of benzene rings is 2. The molecule has 3 nitrogen and oxygen atoms in total. The van der Waals surface area contributed by atoms with E-state index in [1.807, 2.05) is 31.2 Å². The van der Waals surface area contributed by atoms with Gasteiger partial charge in [0.15, 0.2) is 0 Å². The molecule has 0 bridgehead atoms. The maximum Gasteiger partial charge on any atom is 0.296 e.